The van der Waals surface area contributed by atoms with E-state index in [-0.39, 0.29) is 29.4 Å². The van der Waals surface area contributed by atoms with Gasteiger partial charge in [-0.25, -0.2) is 4.79 Å². The molecule has 2 aromatic rings. The van der Waals surface area contributed by atoms with Crippen LogP contribution in [0.5, 0.6) is 23.0 Å². The van der Waals surface area contributed by atoms with E-state index in [0.29, 0.717) is 24.2 Å². The van der Waals surface area contributed by atoms with Gasteiger partial charge in [-0.05, 0) is 67.4 Å². The van der Waals surface area contributed by atoms with Gasteiger partial charge in [0, 0.05) is 25.6 Å². The van der Waals surface area contributed by atoms with E-state index < -0.39 is 18.0 Å². The lowest BCUT2D eigenvalue weighted by Gasteiger charge is -2.26. The Hall–Kier alpha value is -3.72. The van der Waals surface area contributed by atoms with Gasteiger partial charge in [-0.15, -0.1) is 0 Å². The topological polar surface area (TPSA) is 140 Å². The largest absolute Gasteiger partial charge is 0.504 e. The molecule has 0 saturated carbocycles. The van der Waals surface area contributed by atoms with Gasteiger partial charge in [0.1, 0.15) is 0 Å². The summed E-state index contributed by atoms with van der Waals surface area (Å²) in [6, 6.07) is 8.22. The number of esters is 1. The van der Waals surface area contributed by atoms with Crippen LogP contribution in [0.4, 0.5) is 0 Å². The minimum atomic E-state index is -1.16. The average molecular weight is 471 g/mol. The zero-order chi connectivity index (χ0) is 24.5. The van der Waals surface area contributed by atoms with Gasteiger partial charge in [-0.2, -0.15) is 0 Å². The number of ether oxygens (including phenoxy) is 1. The number of piperidine rings is 1. The highest BCUT2D eigenvalue weighted by atomic mass is 16.5. The number of hydrogen-bond acceptors (Lipinski definition) is 8. The Morgan fingerprint density at radius 3 is 2.29 bits per heavy atom. The fourth-order valence-corrected chi connectivity index (χ4v) is 3.72. The molecule has 2 aromatic carbocycles. The Morgan fingerprint density at radius 2 is 1.62 bits per heavy atom. The van der Waals surface area contributed by atoms with Gasteiger partial charge in [-0.3, -0.25) is 4.79 Å². The summed E-state index contributed by atoms with van der Waals surface area (Å²) in [7, 11) is 0. The maximum Gasteiger partial charge on any atom is 0.331 e. The lowest BCUT2D eigenvalue weighted by atomic mass is 10.1. The second-order valence-corrected chi connectivity index (χ2v) is 8.23. The number of phenols is 4. The highest BCUT2D eigenvalue weighted by molar-refractivity contribution is 5.90. The molecule has 0 spiro atoms. The van der Waals surface area contributed by atoms with Crippen LogP contribution in [-0.4, -0.2) is 69.5 Å². The van der Waals surface area contributed by atoms with Crippen LogP contribution >= 0.6 is 0 Å². The molecule has 0 aromatic heterocycles. The van der Waals surface area contributed by atoms with E-state index in [1.54, 1.807) is 0 Å². The molecular weight excluding hydrogens is 440 g/mol. The number of phenolic OH excluding ortho intramolecular Hbond substituents is 4. The average Bonchev–Trinajstić information content (AvgIpc) is 2.82. The standard InChI is InChI=1S/C25H30N2O7/c28-19-7-4-17(14-21(19)30)6-9-24(32)34-23(16-18-5-8-20(29)22(31)15-18)25(33)26-10-13-27-11-2-1-3-12-27/h4-9,14-15,23,28-31H,1-3,10-13,16H2,(H,26,33)/b9-6+/t23-/m1/s1. The Balaban J connectivity index is 1.64. The van der Waals surface area contributed by atoms with Crippen LogP contribution in [0.25, 0.3) is 6.08 Å². The molecule has 3 rings (SSSR count). The van der Waals surface area contributed by atoms with Crippen molar-refractivity contribution in [2.24, 2.45) is 0 Å². The number of carbonyl (C=O) groups excluding carboxylic acids is 2. The molecule has 0 radical (unpaired) electrons. The van der Waals surface area contributed by atoms with E-state index in [4.69, 9.17) is 4.74 Å². The van der Waals surface area contributed by atoms with E-state index in [1.165, 1.54) is 48.9 Å². The summed E-state index contributed by atoms with van der Waals surface area (Å²) in [5.74, 6) is -2.46. The molecule has 0 unspecified atom stereocenters. The van der Waals surface area contributed by atoms with Crippen molar-refractivity contribution >= 4 is 18.0 Å². The summed E-state index contributed by atoms with van der Waals surface area (Å²) in [6.07, 6.45) is 4.86. The van der Waals surface area contributed by atoms with Crippen molar-refractivity contribution in [2.75, 3.05) is 26.2 Å². The predicted octanol–water partition coefficient (Wildman–Crippen LogP) is 2.28. The first kappa shape index (κ1) is 24.9. The number of carbonyl (C=O) groups is 2. The molecule has 9 nitrogen and oxygen atoms in total. The van der Waals surface area contributed by atoms with Crippen molar-refractivity contribution in [1.29, 1.82) is 0 Å². The first-order valence-corrected chi connectivity index (χ1v) is 11.2. The Kier molecular flexibility index (Phi) is 8.75. The second kappa shape index (κ2) is 11.9. The minimum absolute atomic E-state index is 0.00294. The summed E-state index contributed by atoms with van der Waals surface area (Å²) in [5.41, 5.74) is 0.963. The van der Waals surface area contributed by atoms with Gasteiger partial charge >= 0.3 is 5.97 Å². The molecule has 1 amide bonds. The van der Waals surface area contributed by atoms with E-state index >= 15 is 0 Å². The van der Waals surface area contributed by atoms with Gasteiger partial charge in [0.05, 0.1) is 0 Å². The maximum absolute atomic E-state index is 12.8. The molecule has 1 heterocycles. The molecule has 1 saturated heterocycles. The number of aromatic hydroxyl groups is 4. The molecule has 34 heavy (non-hydrogen) atoms. The minimum Gasteiger partial charge on any atom is -0.504 e. The van der Waals surface area contributed by atoms with Crippen LogP contribution < -0.4 is 5.32 Å². The lowest BCUT2D eigenvalue weighted by molar-refractivity contribution is -0.151. The monoisotopic (exact) mass is 470 g/mol. The quantitative estimate of drug-likeness (QED) is 0.214. The highest BCUT2D eigenvalue weighted by Crippen LogP contribution is 2.26. The van der Waals surface area contributed by atoms with Gasteiger partial charge in [0.25, 0.3) is 5.91 Å². The Bertz CT molecular complexity index is 1030. The van der Waals surface area contributed by atoms with Gasteiger partial charge < -0.3 is 35.4 Å². The van der Waals surface area contributed by atoms with E-state index in [2.05, 4.69) is 10.2 Å². The smallest absolute Gasteiger partial charge is 0.331 e. The fraction of sp³-hybridized carbons (Fsp3) is 0.360. The third-order valence-corrected chi connectivity index (χ3v) is 5.60. The third kappa shape index (κ3) is 7.41. The molecule has 5 N–H and O–H groups in total. The van der Waals surface area contributed by atoms with Crippen LogP contribution in [0.3, 0.4) is 0 Å². The molecule has 1 fully saturated rings. The zero-order valence-electron chi connectivity index (χ0n) is 18.8. The summed E-state index contributed by atoms with van der Waals surface area (Å²) >= 11 is 0. The molecule has 0 aliphatic carbocycles. The molecule has 0 bridgehead atoms. The number of nitrogens with zero attached hydrogens (tertiary/aromatic N) is 1. The first-order valence-electron chi connectivity index (χ1n) is 11.2. The van der Waals surface area contributed by atoms with E-state index in [9.17, 15) is 30.0 Å². The molecule has 182 valence electrons. The number of rotatable bonds is 9. The van der Waals surface area contributed by atoms with Crippen LogP contribution in [0.1, 0.15) is 30.4 Å². The molecule has 1 aliphatic heterocycles. The number of amides is 1. The van der Waals surface area contributed by atoms with Crippen molar-refractivity contribution in [1.82, 2.24) is 10.2 Å². The fourth-order valence-electron chi connectivity index (χ4n) is 3.72. The third-order valence-electron chi connectivity index (χ3n) is 5.60. The van der Waals surface area contributed by atoms with Crippen molar-refractivity contribution in [3.05, 3.63) is 53.6 Å². The predicted molar refractivity (Wildman–Crippen MR) is 125 cm³/mol. The molecule has 1 atom stereocenters. The Labute approximate surface area is 197 Å². The summed E-state index contributed by atoms with van der Waals surface area (Å²) in [5, 5.41) is 41.1. The van der Waals surface area contributed by atoms with E-state index in [1.807, 2.05) is 0 Å². The molecular formula is C25H30N2O7. The van der Waals surface area contributed by atoms with Gasteiger partial charge in [0.2, 0.25) is 0 Å². The summed E-state index contributed by atoms with van der Waals surface area (Å²) < 4.78 is 5.40. The molecule has 1 aliphatic rings. The number of likely N-dealkylation sites (tertiary alicyclic amines) is 1. The normalized spacial score (nSPS) is 15.2. The summed E-state index contributed by atoms with van der Waals surface area (Å²) in [4.78, 5) is 27.5. The van der Waals surface area contributed by atoms with Crippen LogP contribution in [0.2, 0.25) is 0 Å². The number of benzene rings is 2. The second-order valence-electron chi connectivity index (χ2n) is 8.23. The van der Waals surface area contributed by atoms with Crippen LogP contribution in [0.15, 0.2) is 42.5 Å². The zero-order valence-corrected chi connectivity index (χ0v) is 18.8. The lowest BCUT2D eigenvalue weighted by Crippen LogP contribution is -2.43. The van der Waals surface area contributed by atoms with Crippen molar-refractivity contribution in [2.45, 2.75) is 31.8 Å². The number of hydrogen-bond donors (Lipinski definition) is 5. The van der Waals surface area contributed by atoms with Gasteiger partial charge in [0.15, 0.2) is 29.1 Å². The maximum atomic E-state index is 12.8. The van der Waals surface area contributed by atoms with Crippen LogP contribution in [-0.2, 0) is 20.7 Å². The van der Waals surface area contributed by atoms with Crippen molar-refractivity contribution in [3.63, 3.8) is 0 Å². The van der Waals surface area contributed by atoms with Gasteiger partial charge in [-0.1, -0.05) is 18.6 Å². The van der Waals surface area contributed by atoms with Crippen molar-refractivity contribution < 1.29 is 34.8 Å². The number of nitrogens with one attached hydrogen (secondary N) is 1. The van der Waals surface area contributed by atoms with Crippen LogP contribution in [0, 0.1) is 0 Å². The highest BCUT2D eigenvalue weighted by Gasteiger charge is 2.23. The summed E-state index contributed by atoms with van der Waals surface area (Å²) in [6.45, 7) is 3.12. The Morgan fingerprint density at radius 1 is 0.941 bits per heavy atom. The SMILES string of the molecule is O=C(/C=C/c1ccc(O)c(O)c1)O[C@H](Cc1ccc(O)c(O)c1)C(=O)NCCN1CCCCC1. The first-order chi connectivity index (χ1) is 16.3. The molecule has 9 heteroatoms. The van der Waals surface area contributed by atoms with Crippen molar-refractivity contribution in [3.8, 4) is 23.0 Å². The van der Waals surface area contributed by atoms with E-state index in [0.717, 1.165) is 32.0 Å².